The van der Waals surface area contributed by atoms with Crippen molar-refractivity contribution in [3.8, 4) is 0 Å². The summed E-state index contributed by atoms with van der Waals surface area (Å²) in [7, 11) is 1.50. The Morgan fingerprint density at radius 2 is 2.25 bits per heavy atom. The van der Waals surface area contributed by atoms with Crippen LogP contribution in [0.15, 0.2) is 3.95 Å². The summed E-state index contributed by atoms with van der Waals surface area (Å²) in [5.41, 5.74) is 0. The van der Waals surface area contributed by atoms with Crippen LogP contribution in [0.5, 0.6) is 0 Å². The predicted octanol–water partition coefficient (Wildman–Crippen LogP) is 0.278. The van der Waals surface area contributed by atoms with E-state index < -0.39 is 0 Å². The minimum absolute atomic E-state index is 1.50. The van der Waals surface area contributed by atoms with E-state index in [-0.39, 0.29) is 0 Å². The molecule has 0 radical (unpaired) electrons. The number of hydrogen-bond acceptors (Lipinski definition) is 2. The van der Waals surface area contributed by atoms with Crippen molar-refractivity contribution in [2.45, 2.75) is 0 Å². The van der Waals surface area contributed by atoms with Crippen LogP contribution >= 0.6 is 0 Å². The van der Waals surface area contributed by atoms with Gasteiger partial charge in [-0.25, -0.2) is 0 Å². The van der Waals surface area contributed by atoms with Crippen molar-refractivity contribution in [3.05, 3.63) is 0 Å². The first-order valence-corrected chi connectivity index (χ1v) is 1.42. The molecule has 2 nitrogen and oxygen atoms in total. The molecule has 0 atom stereocenters. The van der Waals surface area contributed by atoms with E-state index in [1.165, 1.54) is 7.11 Å². The second-order valence-electron chi connectivity index (χ2n) is 0.264. The Morgan fingerprint density at radius 1 is 2.00 bits per heavy atom. The standard InChI is InChI=1S/CH3NO.V/c1-3-2;/h1H3;. The Bertz CT molecular complexity index is 22.0. The molecule has 0 aliphatic carbocycles. The molecular weight excluding hydrogens is 93.0 g/mol. The minimum atomic E-state index is 1.50. The molecule has 0 aromatic heterocycles. The van der Waals surface area contributed by atoms with Gasteiger partial charge in [0.15, 0.2) is 0 Å². The summed E-state index contributed by atoms with van der Waals surface area (Å²) in [6, 6.07) is 0. The molecule has 4 heavy (non-hydrogen) atoms. The number of nitrogens with zero attached hydrogens (tertiary/aromatic N) is 1. The molecule has 0 unspecified atom stereocenters. The molecular formula is CH3NOV. The normalized spacial score (nSPS) is 6.00. The van der Waals surface area contributed by atoms with Crippen LogP contribution in [0.25, 0.3) is 0 Å². The Morgan fingerprint density at radius 3 is 2.25 bits per heavy atom. The monoisotopic (exact) mass is 96.0 g/mol. The summed E-state index contributed by atoms with van der Waals surface area (Å²) >= 11 is 1.94. The molecule has 0 aromatic rings. The van der Waals surface area contributed by atoms with E-state index in [1.54, 1.807) is 0 Å². The first-order valence-electron chi connectivity index (χ1n) is 0.791. The van der Waals surface area contributed by atoms with Gasteiger partial charge in [-0.1, -0.05) is 0 Å². The molecule has 0 rings (SSSR count). The third-order valence-electron chi connectivity index (χ3n) is 0.0816. The van der Waals surface area contributed by atoms with Gasteiger partial charge in [-0.05, 0) is 0 Å². The molecule has 0 bridgehead atoms. The summed E-state index contributed by atoms with van der Waals surface area (Å²) in [5, 5.41) is 0. The number of rotatable bonds is 1. The van der Waals surface area contributed by atoms with Crippen LogP contribution in [-0.4, -0.2) is 7.11 Å². The van der Waals surface area contributed by atoms with Gasteiger partial charge in [0, 0.05) is 0 Å². The van der Waals surface area contributed by atoms with Gasteiger partial charge in [-0.2, -0.15) is 0 Å². The predicted molar refractivity (Wildman–Crippen MR) is 9.44 cm³/mol. The van der Waals surface area contributed by atoms with E-state index in [2.05, 4.69) is 8.79 Å². The Labute approximate surface area is 33.9 Å². The topological polar surface area (TPSA) is 21.6 Å². The van der Waals surface area contributed by atoms with Crippen molar-refractivity contribution in [1.82, 2.24) is 0 Å². The second kappa shape index (κ2) is 3.34. The quantitative estimate of drug-likeness (QED) is 0.429. The van der Waals surface area contributed by atoms with Crippen LogP contribution in [0.3, 0.4) is 0 Å². The third-order valence-corrected chi connectivity index (χ3v) is 0.337. The molecule has 0 N–H and O–H groups in total. The third kappa shape index (κ3) is 2.34. The molecule has 0 aromatic carbocycles. The Kier molecular flexibility index (Phi) is 3.63. The van der Waals surface area contributed by atoms with Crippen molar-refractivity contribution >= 4 is 0 Å². The SMILES string of the molecule is CO[N]=[V]. The van der Waals surface area contributed by atoms with Gasteiger partial charge >= 0.3 is 33.1 Å². The van der Waals surface area contributed by atoms with Crippen molar-refractivity contribution < 1.29 is 22.1 Å². The summed E-state index contributed by atoms with van der Waals surface area (Å²) < 4.78 is 3.17. The average molecular weight is 96.0 g/mol. The fraction of sp³-hybridized carbons (Fsp3) is 1.00. The first kappa shape index (κ1) is 4.34. The first-order chi connectivity index (χ1) is 1.91. The van der Waals surface area contributed by atoms with Crippen LogP contribution < -0.4 is 0 Å². The van der Waals surface area contributed by atoms with Crippen LogP contribution in [-0.2, 0) is 22.1 Å². The van der Waals surface area contributed by atoms with Crippen LogP contribution in [0.4, 0.5) is 0 Å². The molecule has 0 fully saturated rings. The molecule has 0 amide bonds. The van der Waals surface area contributed by atoms with Gasteiger partial charge in [0.25, 0.3) is 0 Å². The Balaban J connectivity index is 2.30. The summed E-state index contributed by atoms with van der Waals surface area (Å²) in [6.07, 6.45) is 0. The van der Waals surface area contributed by atoms with Gasteiger partial charge in [-0.15, -0.1) is 0 Å². The van der Waals surface area contributed by atoms with E-state index in [4.69, 9.17) is 0 Å². The fourth-order valence-electron chi connectivity index (χ4n) is 0. The molecule has 3 heteroatoms. The van der Waals surface area contributed by atoms with Gasteiger partial charge in [-0.3, -0.25) is 0 Å². The maximum absolute atomic E-state index is 4.14. The van der Waals surface area contributed by atoms with E-state index >= 15 is 0 Å². The summed E-state index contributed by atoms with van der Waals surface area (Å²) in [5.74, 6) is 0. The number of hydrogen-bond donors (Lipinski definition) is 0. The summed E-state index contributed by atoms with van der Waals surface area (Å²) in [4.78, 5) is 4.14. The molecule has 0 spiro atoms. The van der Waals surface area contributed by atoms with Gasteiger partial charge in [0.05, 0.1) is 0 Å². The van der Waals surface area contributed by atoms with E-state index in [9.17, 15) is 0 Å². The molecule has 23 valence electrons. The van der Waals surface area contributed by atoms with Crippen LogP contribution in [0.1, 0.15) is 0 Å². The molecule has 0 heterocycles. The van der Waals surface area contributed by atoms with Crippen LogP contribution in [0.2, 0.25) is 0 Å². The van der Waals surface area contributed by atoms with Crippen molar-refractivity contribution in [2.75, 3.05) is 7.11 Å². The Hall–Kier alpha value is 0.344. The van der Waals surface area contributed by atoms with E-state index in [0.29, 0.717) is 0 Å². The van der Waals surface area contributed by atoms with Gasteiger partial charge < -0.3 is 0 Å². The van der Waals surface area contributed by atoms with E-state index in [0.717, 1.165) is 0 Å². The van der Waals surface area contributed by atoms with Crippen molar-refractivity contribution in [3.63, 3.8) is 0 Å². The maximum atomic E-state index is 4.14. The molecule has 0 saturated carbocycles. The molecule has 0 aliphatic heterocycles. The van der Waals surface area contributed by atoms with Crippen molar-refractivity contribution in [2.24, 2.45) is 3.95 Å². The zero-order valence-corrected chi connectivity index (χ0v) is 3.70. The average Bonchev–Trinajstić information content (AvgIpc) is 1.37. The van der Waals surface area contributed by atoms with Gasteiger partial charge in [0.1, 0.15) is 0 Å². The van der Waals surface area contributed by atoms with E-state index in [1.807, 2.05) is 17.2 Å². The zero-order chi connectivity index (χ0) is 3.41. The fourth-order valence-corrected chi connectivity index (χ4v) is 0. The molecule has 0 aliphatic rings. The molecule has 0 saturated heterocycles. The second-order valence-corrected chi connectivity index (χ2v) is 0.519. The van der Waals surface area contributed by atoms with Crippen molar-refractivity contribution in [1.29, 1.82) is 0 Å². The van der Waals surface area contributed by atoms with Gasteiger partial charge in [0.2, 0.25) is 0 Å². The van der Waals surface area contributed by atoms with Crippen LogP contribution in [0, 0.1) is 0 Å². The summed E-state index contributed by atoms with van der Waals surface area (Å²) in [6.45, 7) is 0. The zero-order valence-electron chi connectivity index (χ0n) is 2.30.